The van der Waals surface area contributed by atoms with Gasteiger partial charge in [-0.15, -0.1) is 0 Å². The van der Waals surface area contributed by atoms with Crippen molar-refractivity contribution >= 4 is 16.9 Å². The first kappa shape index (κ1) is 18.7. The minimum Gasteiger partial charge on any atom is -0.454 e. The predicted octanol–water partition coefficient (Wildman–Crippen LogP) is 2.75. The third-order valence-corrected chi connectivity index (χ3v) is 7.32. The maximum absolute atomic E-state index is 14.6. The van der Waals surface area contributed by atoms with Gasteiger partial charge < -0.3 is 14.4 Å². The number of benzene rings is 1. The minimum atomic E-state index is -1.60. The molecular weight excluding hydrogens is 399 g/mol. The van der Waals surface area contributed by atoms with Crippen LogP contribution in [-0.2, 0) is 41.1 Å². The molecule has 2 N–H and O–H groups in total. The van der Waals surface area contributed by atoms with Crippen molar-refractivity contribution in [2.24, 2.45) is 0 Å². The van der Waals surface area contributed by atoms with E-state index in [4.69, 9.17) is 14.8 Å². The monoisotopic (exact) mass is 421 g/mol. The van der Waals surface area contributed by atoms with Crippen molar-refractivity contribution in [2.45, 2.75) is 58.3 Å². The van der Waals surface area contributed by atoms with E-state index in [0.29, 0.717) is 40.1 Å². The summed E-state index contributed by atoms with van der Waals surface area (Å²) in [4.78, 5) is 30.6. The number of hydrogen-bond acceptors (Lipinski definition) is 4. The summed E-state index contributed by atoms with van der Waals surface area (Å²) >= 11 is 0. The highest BCUT2D eigenvalue weighted by atomic mass is 19.1. The molecular formula is C24H22FN2O4+. The van der Waals surface area contributed by atoms with E-state index >= 15 is 0 Å². The number of aromatic nitrogens is 2. The van der Waals surface area contributed by atoms with E-state index in [1.807, 2.05) is 6.92 Å². The van der Waals surface area contributed by atoms with Crippen LogP contribution >= 0.6 is 0 Å². The van der Waals surface area contributed by atoms with Crippen LogP contribution in [0.2, 0.25) is 0 Å². The number of pyridine rings is 2. The van der Waals surface area contributed by atoms with Gasteiger partial charge in [-0.3, -0.25) is 4.79 Å². The van der Waals surface area contributed by atoms with Gasteiger partial charge in [-0.25, -0.2) is 14.2 Å². The molecule has 3 aromatic rings. The Kier molecular flexibility index (Phi) is 3.62. The normalized spacial score (nSPS) is 21.0. The molecule has 0 radical (unpaired) electrons. The highest BCUT2D eigenvalue weighted by Gasteiger charge is 2.50. The number of carbonyl (C=O) groups is 1. The lowest BCUT2D eigenvalue weighted by Gasteiger charge is -2.28. The predicted molar refractivity (Wildman–Crippen MR) is 113 cm³/mol. The van der Waals surface area contributed by atoms with Gasteiger partial charge in [0.25, 0.3) is 11.2 Å². The number of aryl methyl sites for hydroxylation is 2. The summed E-state index contributed by atoms with van der Waals surface area (Å²) in [6.07, 6.45) is 2.82. The first-order valence-corrected chi connectivity index (χ1v) is 10.7. The highest BCUT2D eigenvalue weighted by molar-refractivity contribution is 5.92. The Morgan fingerprint density at radius 1 is 1.19 bits per heavy atom. The molecule has 3 aliphatic rings. The lowest BCUT2D eigenvalue weighted by atomic mass is 9.84. The Morgan fingerprint density at radius 3 is 2.74 bits per heavy atom. The SMILES string of the molecule is CC[C@]1([OH2+])C(=O)OCc2c1cc1n(c2=O)Cc2c-1nc1cc(F)c(C)c3c1c2CCC3. The number of rotatable bonds is 1. The number of nitrogens with zero attached hydrogens (tertiary/aromatic N) is 2. The molecule has 2 aromatic heterocycles. The molecule has 4 heterocycles. The van der Waals surface area contributed by atoms with Crippen LogP contribution in [0.4, 0.5) is 4.39 Å². The molecule has 1 atom stereocenters. The number of hydrogen-bond donors (Lipinski definition) is 0. The summed E-state index contributed by atoms with van der Waals surface area (Å²) in [5.41, 5.74) is 4.64. The molecule has 0 fully saturated rings. The standard InChI is InChI=1S/C24H21FN2O4/c1-3-24(30)16-7-19-21-14(9-27(19)22(28)15(16)10-31-23(24)29)13-6-4-5-12-11(2)17(25)8-18(26-21)20(12)13/h7-8,30H,3-6,9-10H2,1-2H3/p+1/t24-/m1/s1. The molecule has 158 valence electrons. The number of fused-ring (bicyclic) bond motifs is 5. The van der Waals surface area contributed by atoms with Crippen LogP contribution < -0.4 is 5.56 Å². The molecule has 31 heavy (non-hydrogen) atoms. The Morgan fingerprint density at radius 2 is 1.97 bits per heavy atom. The first-order chi connectivity index (χ1) is 14.8. The topological polar surface area (TPSA) is 84.1 Å². The summed E-state index contributed by atoms with van der Waals surface area (Å²) in [5.74, 6) is -0.892. The number of ether oxygens (including phenoxy) is 1. The third-order valence-electron chi connectivity index (χ3n) is 7.32. The van der Waals surface area contributed by atoms with Gasteiger partial charge in [0, 0.05) is 23.4 Å². The second-order valence-corrected chi connectivity index (χ2v) is 8.78. The van der Waals surface area contributed by atoms with Crippen LogP contribution in [0.15, 0.2) is 16.9 Å². The zero-order chi connectivity index (χ0) is 21.7. The summed E-state index contributed by atoms with van der Waals surface area (Å²) in [7, 11) is 0. The van der Waals surface area contributed by atoms with Crippen molar-refractivity contribution < 1.29 is 19.0 Å². The van der Waals surface area contributed by atoms with Gasteiger partial charge in [0.15, 0.2) is 0 Å². The maximum Gasteiger partial charge on any atom is 0.395 e. The van der Waals surface area contributed by atoms with Crippen LogP contribution in [0.1, 0.15) is 53.1 Å². The van der Waals surface area contributed by atoms with Crippen molar-refractivity contribution in [2.75, 3.05) is 0 Å². The largest absolute Gasteiger partial charge is 0.454 e. The molecule has 7 heteroatoms. The molecule has 0 bridgehead atoms. The molecule has 6 nitrogen and oxygen atoms in total. The Hall–Kier alpha value is -3.06. The average molecular weight is 421 g/mol. The van der Waals surface area contributed by atoms with Crippen molar-refractivity contribution in [1.82, 2.24) is 9.55 Å². The van der Waals surface area contributed by atoms with Gasteiger partial charge in [0.05, 0.1) is 34.6 Å². The van der Waals surface area contributed by atoms with Crippen molar-refractivity contribution in [3.8, 4) is 11.4 Å². The molecule has 0 saturated carbocycles. The van der Waals surface area contributed by atoms with Crippen LogP contribution in [0, 0.1) is 12.7 Å². The summed E-state index contributed by atoms with van der Waals surface area (Å²) in [6, 6.07) is 3.25. The summed E-state index contributed by atoms with van der Waals surface area (Å²) in [5, 5.41) is 9.73. The second-order valence-electron chi connectivity index (χ2n) is 8.78. The lowest BCUT2D eigenvalue weighted by Crippen LogP contribution is -2.44. The van der Waals surface area contributed by atoms with Crippen molar-refractivity contribution in [1.29, 1.82) is 0 Å². The van der Waals surface area contributed by atoms with Crippen molar-refractivity contribution in [3.63, 3.8) is 0 Å². The lowest BCUT2D eigenvalue weighted by molar-refractivity contribution is -0.172. The van der Waals surface area contributed by atoms with E-state index in [-0.39, 0.29) is 24.4 Å². The smallest absolute Gasteiger partial charge is 0.395 e. The van der Waals surface area contributed by atoms with Crippen molar-refractivity contribution in [3.05, 3.63) is 61.7 Å². The van der Waals surface area contributed by atoms with Gasteiger partial charge in [-0.1, -0.05) is 6.92 Å². The van der Waals surface area contributed by atoms with E-state index < -0.39 is 11.6 Å². The fourth-order valence-electron chi connectivity index (χ4n) is 5.53. The first-order valence-electron chi connectivity index (χ1n) is 10.7. The molecule has 6 rings (SSSR count). The van der Waals surface area contributed by atoms with Gasteiger partial charge in [-0.2, -0.15) is 0 Å². The number of carbonyl (C=O) groups excluding carboxylic acids is 1. The Balaban J connectivity index is 1.68. The zero-order valence-electron chi connectivity index (χ0n) is 17.4. The van der Waals surface area contributed by atoms with Crippen LogP contribution in [0.3, 0.4) is 0 Å². The molecule has 1 aliphatic carbocycles. The van der Waals surface area contributed by atoms with E-state index in [2.05, 4.69) is 0 Å². The Labute approximate surface area is 177 Å². The molecule has 0 unspecified atom stereocenters. The van der Waals surface area contributed by atoms with E-state index in [1.54, 1.807) is 17.6 Å². The molecule has 1 aromatic carbocycles. The number of esters is 1. The Bertz CT molecular complexity index is 1410. The summed E-state index contributed by atoms with van der Waals surface area (Å²) < 4.78 is 21.5. The number of cyclic esters (lactones) is 1. The maximum atomic E-state index is 14.6. The molecule has 2 aliphatic heterocycles. The van der Waals surface area contributed by atoms with Crippen LogP contribution in [-0.4, -0.2) is 20.6 Å². The molecule has 0 amide bonds. The van der Waals surface area contributed by atoms with E-state index in [1.165, 1.54) is 6.07 Å². The zero-order valence-corrected chi connectivity index (χ0v) is 17.4. The molecule has 0 saturated heterocycles. The minimum absolute atomic E-state index is 0.110. The van der Waals surface area contributed by atoms with E-state index in [0.717, 1.165) is 41.3 Å². The second kappa shape index (κ2) is 6.01. The highest BCUT2D eigenvalue weighted by Crippen LogP contribution is 2.43. The van der Waals surface area contributed by atoms with Gasteiger partial charge in [0.2, 0.25) is 0 Å². The fraction of sp³-hybridized carbons (Fsp3) is 0.375. The van der Waals surface area contributed by atoms with Gasteiger partial charge >= 0.3 is 5.97 Å². The van der Waals surface area contributed by atoms with Gasteiger partial charge in [0.1, 0.15) is 12.4 Å². The third kappa shape index (κ3) is 2.22. The fourth-order valence-corrected chi connectivity index (χ4v) is 5.53. The molecule has 0 spiro atoms. The average Bonchev–Trinajstić information content (AvgIpc) is 3.14. The van der Waals surface area contributed by atoms with Gasteiger partial charge in [-0.05, 0) is 48.9 Å². The number of halogens is 1. The quantitative estimate of drug-likeness (QED) is 0.349. The van der Waals surface area contributed by atoms with Crippen LogP contribution in [0.25, 0.3) is 22.3 Å². The van der Waals surface area contributed by atoms with E-state index in [9.17, 15) is 14.0 Å². The summed E-state index contributed by atoms with van der Waals surface area (Å²) in [6.45, 7) is 3.84. The van der Waals surface area contributed by atoms with Crippen LogP contribution in [0.5, 0.6) is 0 Å².